The second-order valence-electron chi connectivity index (χ2n) is 7.82. The van der Waals surface area contributed by atoms with Crippen LogP contribution < -0.4 is 15.6 Å². The lowest BCUT2D eigenvalue weighted by Gasteiger charge is -2.12. The molecule has 2 aromatic heterocycles. The largest absolute Gasteiger partial charge is 0.438 e. The summed E-state index contributed by atoms with van der Waals surface area (Å²) in [6.07, 6.45) is 2.89. The number of hydrogen-bond acceptors (Lipinski definition) is 7. The molecule has 1 fully saturated rings. The van der Waals surface area contributed by atoms with Gasteiger partial charge in [0.15, 0.2) is 9.84 Å². The van der Waals surface area contributed by atoms with Gasteiger partial charge in [0.1, 0.15) is 28.6 Å². The summed E-state index contributed by atoms with van der Waals surface area (Å²) in [7, 11) is -3.22. The van der Waals surface area contributed by atoms with Gasteiger partial charge in [-0.15, -0.1) is 0 Å². The molecule has 0 unspecified atom stereocenters. The van der Waals surface area contributed by atoms with Crippen LogP contribution in [0.3, 0.4) is 0 Å². The van der Waals surface area contributed by atoms with E-state index >= 15 is 0 Å². The fourth-order valence-corrected chi connectivity index (χ4v) is 5.37. The van der Waals surface area contributed by atoms with Crippen LogP contribution in [0.5, 0.6) is 11.6 Å². The van der Waals surface area contributed by atoms with E-state index < -0.39 is 27.3 Å². The molecule has 1 N–H and O–H groups in total. The molecule has 1 saturated heterocycles. The highest BCUT2D eigenvalue weighted by Crippen LogP contribution is 2.26. The Hall–Kier alpha value is -3.68. The fraction of sp³-hybridized carbons (Fsp3) is 0.217. The molecule has 0 spiro atoms. The number of aryl methyl sites for hydroxylation is 1. The van der Waals surface area contributed by atoms with Crippen LogP contribution in [0.2, 0.25) is 5.02 Å². The smallest absolute Gasteiger partial charge is 0.269 e. The van der Waals surface area contributed by atoms with Gasteiger partial charge < -0.3 is 10.1 Å². The zero-order valence-electron chi connectivity index (χ0n) is 18.0. The summed E-state index contributed by atoms with van der Waals surface area (Å²) < 4.78 is 30.5. The van der Waals surface area contributed by atoms with Gasteiger partial charge in [0.2, 0.25) is 5.88 Å². The third kappa shape index (κ3) is 4.95. The normalized spacial score (nSPS) is 17.3. The first kappa shape index (κ1) is 23.5. The standard InChI is InChI=1S/C23H19ClN4O5S/c1-14-3-2-9-28-20(14)27-22(33-18-6-4-16(24)5-7-18)19(23(28)30)11-15(12-25)21(29)26-17-8-10-34(31,32)13-17/h2-7,9,11,17H,8,10,13H2,1H3,(H,26,29)/b15-11+/t17-/m1/s1. The highest BCUT2D eigenvalue weighted by atomic mass is 35.5. The van der Waals surface area contributed by atoms with Crippen LogP contribution in [0.25, 0.3) is 11.7 Å². The molecule has 1 amide bonds. The minimum Gasteiger partial charge on any atom is -0.438 e. The number of carbonyl (C=O) groups excluding carboxylic acids is 1. The quantitative estimate of drug-likeness (QED) is 0.422. The van der Waals surface area contributed by atoms with Gasteiger partial charge in [-0.1, -0.05) is 17.7 Å². The minimum atomic E-state index is -3.22. The number of hydrogen-bond donors (Lipinski definition) is 1. The molecule has 3 heterocycles. The van der Waals surface area contributed by atoms with Crippen molar-refractivity contribution in [2.24, 2.45) is 0 Å². The fourth-order valence-electron chi connectivity index (χ4n) is 3.57. The van der Waals surface area contributed by atoms with E-state index in [4.69, 9.17) is 16.3 Å². The molecule has 0 bridgehead atoms. The van der Waals surface area contributed by atoms with Gasteiger partial charge in [-0.2, -0.15) is 10.2 Å². The second-order valence-corrected chi connectivity index (χ2v) is 10.5. The van der Waals surface area contributed by atoms with Gasteiger partial charge in [-0.05, 0) is 55.3 Å². The lowest BCUT2D eigenvalue weighted by atomic mass is 10.1. The maximum absolute atomic E-state index is 13.3. The molecule has 4 rings (SSSR count). The second kappa shape index (κ2) is 9.29. The zero-order chi connectivity index (χ0) is 24.5. The van der Waals surface area contributed by atoms with Crippen LogP contribution in [0.15, 0.2) is 53.0 Å². The van der Waals surface area contributed by atoms with Crippen LogP contribution >= 0.6 is 11.6 Å². The monoisotopic (exact) mass is 498 g/mol. The molecule has 174 valence electrons. The SMILES string of the molecule is Cc1cccn2c(=O)c(/C=C(\C#N)C(=O)N[C@@H]3CCS(=O)(=O)C3)c(Oc3ccc(Cl)cc3)nc12. The van der Waals surface area contributed by atoms with E-state index in [1.165, 1.54) is 10.6 Å². The first-order valence-electron chi connectivity index (χ1n) is 10.3. The Balaban J connectivity index is 1.78. The summed E-state index contributed by atoms with van der Waals surface area (Å²) in [6.45, 7) is 1.78. The van der Waals surface area contributed by atoms with E-state index in [2.05, 4.69) is 10.3 Å². The molecule has 34 heavy (non-hydrogen) atoms. The third-order valence-electron chi connectivity index (χ3n) is 5.30. The van der Waals surface area contributed by atoms with Crippen molar-refractivity contribution < 1.29 is 17.9 Å². The maximum atomic E-state index is 13.3. The Morgan fingerprint density at radius 1 is 1.32 bits per heavy atom. The highest BCUT2D eigenvalue weighted by molar-refractivity contribution is 7.91. The first-order valence-corrected chi connectivity index (χ1v) is 12.5. The number of nitrogens with one attached hydrogen (secondary N) is 1. The Labute approximate surface area is 200 Å². The van der Waals surface area contributed by atoms with E-state index in [0.717, 1.165) is 11.6 Å². The Bertz CT molecular complexity index is 1520. The van der Waals surface area contributed by atoms with E-state index in [9.17, 15) is 23.3 Å². The van der Waals surface area contributed by atoms with Crippen molar-refractivity contribution in [3.63, 3.8) is 0 Å². The average molecular weight is 499 g/mol. The van der Waals surface area contributed by atoms with Gasteiger partial charge in [-0.3, -0.25) is 14.0 Å². The van der Waals surface area contributed by atoms with Crippen LogP contribution in [-0.2, 0) is 14.6 Å². The van der Waals surface area contributed by atoms with Gasteiger partial charge in [0, 0.05) is 17.3 Å². The average Bonchev–Trinajstić information content (AvgIpc) is 3.14. The zero-order valence-corrected chi connectivity index (χ0v) is 19.6. The molecule has 1 aliphatic rings. The first-order chi connectivity index (χ1) is 16.2. The number of rotatable bonds is 5. The number of amides is 1. The van der Waals surface area contributed by atoms with Crippen molar-refractivity contribution in [1.29, 1.82) is 5.26 Å². The van der Waals surface area contributed by atoms with E-state index in [-0.39, 0.29) is 34.9 Å². The van der Waals surface area contributed by atoms with E-state index in [1.807, 2.05) is 0 Å². The van der Waals surface area contributed by atoms with Gasteiger partial charge in [0.25, 0.3) is 11.5 Å². The Morgan fingerprint density at radius 3 is 2.71 bits per heavy atom. The molecule has 1 atom stereocenters. The Morgan fingerprint density at radius 2 is 2.06 bits per heavy atom. The van der Waals surface area contributed by atoms with Crippen molar-refractivity contribution in [3.05, 3.63) is 74.7 Å². The van der Waals surface area contributed by atoms with Crippen molar-refractivity contribution in [2.45, 2.75) is 19.4 Å². The predicted octanol–water partition coefficient (Wildman–Crippen LogP) is 2.66. The topological polar surface area (TPSA) is 131 Å². The maximum Gasteiger partial charge on any atom is 0.269 e. The molecule has 1 aromatic carbocycles. The molecule has 9 nitrogen and oxygen atoms in total. The number of aromatic nitrogens is 2. The van der Waals surface area contributed by atoms with Gasteiger partial charge >= 0.3 is 0 Å². The lowest BCUT2D eigenvalue weighted by Crippen LogP contribution is -2.36. The van der Waals surface area contributed by atoms with Crippen molar-refractivity contribution in [1.82, 2.24) is 14.7 Å². The number of nitrogens with zero attached hydrogens (tertiary/aromatic N) is 3. The minimum absolute atomic E-state index is 0.0298. The van der Waals surface area contributed by atoms with Crippen molar-refractivity contribution in [3.8, 4) is 17.7 Å². The summed E-state index contributed by atoms with van der Waals surface area (Å²) in [5, 5.41) is 12.7. The van der Waals surface area contributed by atoms with Gasteiger partial charge in [-0.25, -0.2) is 8.42 Å². The number of pyridine rings is 1. The van der Waals surface area contributed by atoms with Crippen LogP contribution in [0, 0.1) is 18.3 Å². The number of fused-ring (bicyclic) bond motifs is 1. The molecule has 0 saturated carbocycles. The number of ether oxygens (including phenoxy) is 1. The van der Waals surface area contributed by atoms with Crippen LogP contribution in [0.4, 0.5) is 0 Å². The summed E-state index contributed by atoms with van der Waals surface area (Å²) in [5.74, 6) is -0.746. The lowest BCUT2D eigenvalue weighted by molar-refractivity contribution is -0.117. The molecule has 0 aliphatic carbocycles. The molecule has 0 radical (unpaired) electrons. The number of nitriles is 1. The molecular formula is C23H19ClN4O5S. The summed E-state index contributed by atoms with van der Waals surface area (Å²) in [5.41, 5.74) is 0.0479. The van der Waals surface area contributed by atoms with Crippen molar-refractivity contribution in [2.75, 3.05) is 11.5 Å². The number of halogens is 1. The van der Waals surface area contributed by atoms with Crippen LogP contribution in [-0.4, -0.2) is 41.3 Å². The summed E-state index contributed by atoms with van der Waals surface area (Å²) in [6, 6.07) is 11.0. The van der Waals surface area contributed by atoms with Gasteiger partial charge in [0.05, 0.1) is 11.5 Å². The molecule has 11 heteroatoms. The highest BCUT2D eigenvalue weighted by Gasteiger charge is 2.30. The summed E-state index contributed by atoms with van der Waals surface area (Å²) in [4.78, 5) is 30.5. The third-order valence-corrected chi connectivity index (χ3v) is 7.32. The number of carbonyl (C=O) groups is 1. The Kier molecular flexibility index (Phi) is 6.41. The van der Waals surface area contributed by atoms with E-state index in [1.54, 1.807) is 49.4 Å². The van der Waals surface area contributed by atoms with E-state index in [0.29, 0.717) is 16.4 Å². The number of sulfone groups is 1. The molecule has 3 aromatic rings. The van der Waals surface area contributed by atoms with Crippen molar-refractivity contribution >= 4 is 39.1 Å². The molecule has 1 aliphatic heterocycles. The number of benzene rings is 1. The predicted molar refractivity (Wildman–Crippen MR) is 127 cm³/mol. The summed E-state index contributed by atoms with van der Waals surface area (Å²) >= 11 is 5.93. The molecular weight excluding hydrogens is 480 g/mol. The van der Waals surface area contributed by atoms with Crippen LogP contribution in [0.1, 0.15) is 17.5 Å².